The lowest BCUT2D eigenvalue weighted by molar-refractivity contribution is 0.0634. The van der Waals surface area contributed by atoms with Crippen LogP contribution in [0.5, 0.6) is 0 Å². The van der Waals surface area contributed by atoms with E-state index in [1.54, 1.807) is 20.8 Å². The van der Waals surface area contributed by atoms with Gasteiger partial charge in [-0.1, -0.05) is 18.2 Å². The quantitative estimate of drug-likeness (QED) is 0.715. The Morgan fingerprint density at radius 1 is 1.04 bits per heavy atom. The smallest absolute Gasteiger partial charge is 0.412 e. The molecule has 2 rings (SSSR count). The standard InChI is InChI=1S/C18H20N2O6S/c1-18(2,3)26-17(23)19-12-7-6-8-13(11-12)27(24,25)20-15-10-5-4-9-14(15)16(21)22/h4-11,20H,1-3H3,(H,19,23)(H,21,22). The number of carboxylic acid groups (broad SMARTS) is 1. The van der Waals surface area contributed by atoms with E-state index in [1.165, 1.54) is 48.5 Å². The van der Waals surface area contributed by atoms with Gasteiger partial charge in [0.25, 0.3) is 10.0 Å². The lowest BCUT2D eigenvalue weighted by Gasteiger charge is -2.19. The summed E-state index contributed by atoms with van der Waals surface area (Å²) in [5.74, 6) is -1.26. The molecule has 0 aliphatic heterocycles. The SMILES string of the molecule is CC(C)(C)OC(=O)Nc1cccc(S(=O)(=O)Nc2ccccc2C(=O)O)c1. The molecule has 0 atom stereocenters. The van der Waals surface area contributed by atoms with Crippen LogP contribution in [-0.2, 0) is 14.8 Å². The zero-order valence-corrected chi connectivity index (χ0v) is 15.8. The number of anilines is 2. The number of carbonyl (C=O) groups excluding carboxylic acids is 1. The van der Waals surface area contributed by atoms with Crippen molar-refractivity contribution in [2.45, 2.75) is 31.3 Å². The van der Waals surface area contributed by atoms with E-state index in [0.29, 0.717) is 0 Å². The third-order valence-corrected chi connectivity index (χ3v) is 4.55. The van der Waals surface area contributed by atoms with E-state index >= 15 is 0 Å². The molecule has 2 aromatic rings. The molecule has 0 aliphatic carbocycles. The van der Waals surface area contributed by atoms with Gasteiger partial charge in [-0.05, 0) is 51.1 Å². The van der Waals surface area contributed by atoms with Crippen LogP contribution in [0, 0.1) is 0 Å². The molecule has 2 aromatic carbocycles. The van der Waals surface area contributed by atoms with E-state index in [2.05, 4.69) is 10.0 Å². The van der Waals surface area contributed by atoms with Crippen LogP contribution in [-0.4, -0.2) is 31.2 Å². The summed E-state index contributed by atoms with van der Waals surface area (Å²) in [6.45, 7) is 5.12. The van der Waals surface area contributed by atoms with Crippen molar-refractivity contribution in [3.63, 3.8) is 0 Å². The molecule has 9 heteroatoms. The average Bonchev–Trinajstić information content (AvgIpc) is 2.53. The first-order valence-electron chi connectivity index (χ1n) is 7.93. The van der Waals surface area contributed by atoms with Crippen molar-refractivity contribution < 1.29 is 27.9 Å². The average molecular weight is 392 g/mol. The number of hydrogen-bond acceptors (Lipinski definition) is 5. The summed E-state index contributed by atoms with van der Waals surface area (Å²) in [4.78, 5) is 22.9. The van der Waals surface area contributed by atoms with Gasteiger partial charge in [0.1, 0.15) is 5.60 Å². The molecule has 0 radical (unpaired) electrons. The Morgan fingerprint density at radius 2 is 1.70 bits per heavy atom. The van der Waals surface area contributed by atoms with E-state index in [1.807, 2.05) is 0 Å². The molecule has 0 aromatic heterocycles. The van der Waals surface area contributed by atoms with Crippen LogP contribution in [0.15, 0.2) is 53.4 Å². The fourth-order valence-corrected chi connectivity index (χ4v) is 3.25. The first-order chi connectivity index (χ1) is 12.5. The van der Waals surface area contributed by atoms with Gasteiger partial charge in [-0.15, -0.1) is 0 Å². The third kappa shape index (κ3) is 5.71. The van der Waals surface area contributed by atoms with E-state index in [-0.39, 0.29) is 21.8 Å². The van der Waals surface area contributed by atoms with E-state index in [9.17, 15) is 23.1 Å². The Balaban J connectivity index is 2.25. The summed E-state index contributed by atoms with van der Waals surface area (Å²) in [6.07, 6.45) is -0.721. The number of benzene rings is 2. The van der Waals surface area contributed by atoms with Gasteiger partial charge >= 0.3 is 12.1 Å². The number of ether oxygens (including phenoxy) is 1. The summed E-state index contributed by atoms with van der Waals surface area (Å²) >= 11 is 0. The number of rotatable bonds is 5. The number of carbonyl (C=O) groups is 2. The van der Waals surface area contributed by atoms with Crippen molar-refractivity contribution >= 4 is 33.5 Å². The molecular weight excluding hydrogens is 372 g/mol. The van der Waals surface area contributed by atoms with Crippen LogP contribution in [0.4, 0.5) is 16.2 Å². The second-order valence-electron chi connectivity index (χ2n) is 6.61. The van der Waals surface area contributed by atoms with Gasteiger partial charge in [-0.25, -0.2) is 18.0 Å². The highest BCUT2D eigenvalue weighted by Crippen LogP contribution is 2.22. The highest BCUT2D eigenvalue weighted by atomic mass is 32.2. The van der Waals surface area contributed by atoms with Crippen molar-refractivity contribution in [2.24, 2.45) is 0 Å². The van der Waals surface area contributed by atoms with Gasteiger partial charge in [0.2, 0.25) is 0 Å². The van der Waals surface area contributed by atoms with E-state index in [0.717, 1.165) is 0 Å². The number of hydrogen-bond donors (Lipinski definition) is 3. The largest absolute Gasteiger partial charge is 0.478 e. The Kier molecular flexibility index (Phi) is 5.75. The second kappa shape index (κ2) is 7.67. The van der Waals surface area contributed by atoms with Crippen molar-refractivity contribution in [3.8, 4) is 0 Å². The monoisotopic (exact) mass is 392 g/mol. The zero-order valence-electron chi connectivity index (χ0n) is 15.0. The summed E-state index contributed by atoms with van der Waals surface area (Å²) in [5, 5.41) is 11.6. The van der Waals surface area contributed by atoms with E-state index in [4.69, 9.17) is 4.74 Å². The number of amides is 1. The van der Waals surface area contributed by atoms with Crippen LogP contribution in [0.3, 0.4) is 0 Å². The maximum absolute atomic E-state index is 12.6. The molecule has 0 fully saturated rings. The van der Waals surface area contributed by atoms with Gasteiger partial charge in [-0.2, -0.15) is 0 Å². The highest BCUT2D eigenvalue weighted by molar-refractivity contribution is 7.92. The Hall–Kier alpha value is -3.07. The molecule has 0 unspecified atom stereocenters. The molecule has 0 saturated carbocycles. The second-order valence-corrected chi connectivity index (χ2v) is 8.29. The summed E-state index contributed by atoms with van der Waals surface area (Å²) in [5.41, 5.74) is -0.714. The van der Waals surface area contributed by atoms with E-state index < -0.39 is 27.7 Å². The number of carboxylic acids is 1. The number of nitrogens with one attached hydrogen (secondary N) is 2. The van der Waals surface area contributed by atoms with Crippen molar-refractivity contribution in [1.82, 2.24) is 0 Å². The van der Waals surface area contributed by atoms with Gasteiger partial charge in [0, 0.05) is 5.69 Å². The first kappa shape index (κ1) is 20.2. The molecule has 27 heavy (non-hydrogen) atoms. The number of sulfonamides is 1. The summed E-state index contributed by atoms with van der Waals surface area (Å²) in [6, 6.07) is 11.2. The normalized spacial score (nSPS) is 11.5. The molecule has 1 amide bonds. The molecule has 0 bridgehead atoms. The summed E-state index contributed by atoms with van der Waals surface area (Å²) < 4.78 is 32.6. The predicted molar refractivity (Wildman–Crippen MR) is 101 cm³/mol. The predicted octanol–water partition coefficient (Wildman–Crippen LogP) is 3.53. The van der Waals surface area contributed by atoms with Gasteiger partial charge < -0.3 is 9.84 Å². The first-order valence-corrected chi connectivity index (χ1v) is 9.41. The summed E-state index contributed by atoms with van der Waals surface area (Å²) in [7, 11) is -4.07. The molecule has 144 valence electrons. The minimum Gasteiger partial charge on any atom is -0.478 e. The molecule has 0 heterocycles. The van der Waals surface area contributed by atoms with Gasteiger partial charge in [0.05, 0.1) is 16.1 Å². The third-order valence-electron chi connectivity index (χ3n) is 3.19. The van der Waals surface area contributed by atoms with Crippen LogP contribution in [0.1, 0.15) is 31.1 Å². The Labute approximate surface area is 157 Å². The van der Waals surface area contributed by atoms with Crippen LogP contribution in [0.25, 0.3) is 0 Å². The topological polar surface area (TPSA) is 122 Å². The number of aromatic carboxylic acids is 1. The molecule has 3 N–H and O–H groups in total. The molecule has 8 nitrogen and oxygen atoms in total. The Morgan fingerprint density at radius 3 is 2.33 bits per heavy atom. The number of para-hydroxylation sites is 1. The minimum absolute atomic E-state index is 0.0597. The van der Waals surface area contributed by atoms with Gasteiger partial charge in [0.15, 0.2) is 0 Å². The lowest BCUT2D eigenvalue weighted by atomic mass is 10.2. The van der Waals surface area contributed by atoms with Gasteiger partial charge in [-0.3, -0.25) is 10.0 Å². The maximum atomic E-state index is 12.6. The molecular formula is C18H20N2O6S. The van der Waals surface area contributed by atoms with Crippen LogP contribution < -0.4 is 10.0 Å². The molecule has 0 spiro atoms. The highest BCUT2D eigenvalue weighted by Gasteiger charge is 2.20. The molecule has 0 saturated heterocycles. The fraction of sp³-hybridized carbons (Fsp3) is 0.222. The van der Waals surface area contributed by atoms with Crippen LogP contribution in [0.2, 0.25) is 0 Å². The van der Waals surface area contributed by atoms with Crippen molar-refractivity contribution in [1.29, 1.82) is 0 Å². The molecule has 0 aliphatic rings. The minimum atomic E-state index is -4.07. The zero-order chi connectivity index (χ0) is 20.2. The fourth-order valence-electron chi connectivity index (χ4n) is 2.12. The van der Waals surface area contributed by atoms with Crippen molar-refractivity contribution in [3.05, 3.63) is 54.1 Å². The van der Waals surface area contributed by atoms with Crippen LogP contribution >= 0.6 is 0 Å². The maximum Gasteiger partial charge on any atom is 0.412 e. The van der Waals surface area contributed by atoms with Crippen molar-refractivity contribution in [2.75, 3.05) is 10.0 Å². The lowest BCUT2D eigenvalue weighted by Crippen LogP contribution is -2.27. The Bertz CT molecular complexity index is 964.